The molecule has 0 unspecified atom stereocenters. The van der Waals surface area contributed by atoms with E-state index < -0.39 is 38.9 Å². The maximum Gasteiger partial charge on any atom is 0.334 e. The van der Waals surface area contributed by atoms with Gasteiger partial charge in [0.1, 0.15) is 0 Å². The van der Waals surface area contributed by atoms with Crippen LogP contribution in [-0.4, -0.2) is 10.0 Å². The van der Waals surface area contributed by atoms with Gasteiger partial charge in [-0.15, -0.1) is 0 Å². The number of hydrogen-bond acceptors (Lipinski definition) is 3. The minimum Gasteiger partial charge on any atom is -0.376 e. The van der Waals surface area contributed by atoms with Crippen molar-refractivity contribution in [1.82, 2.24) is 0 Å². The zero-order valence-electron chi connectivity index (χ0n) is 7.46. The minimum atomic E-state index is -1.79. The van der Waals surface area contributed by atoms with Gasteiger partial charge in [0.25, 0.3) is 0 Å². The number of hydrogen-bond donors (Lipinski definition) is 2. The van der Waals surface area contributed by atoms with E-state index in [4.69, 9.17) is 5.73 Å². The van der Waals surface area contributed by atoms with Crippen LogP contribution >= 0.6 is 12.2 Å². The zero-order chi connectivity index (χ0) is 12.5. The van der Waals surface area contributed by atoms with Crippen LogP contribution in [0, 0.1) is 27.6 Å². The summed E-state index contributed by atoms with van der Waals surface area (Å²) in [4.78, 5) is 9.16. The standard InChI is InChI=1S/C7H4F3N3O2S/c8-2-1-3(9)5(12-7(11)16)6(4(2)10)13(14)15/h1H,(H3,11,12,16). The van der Waals surface area contributed by atoms with Crippen molar-refractivity contribution >= 4 is 28.7 Å². The second-order valence-corrected chi connectivity index (χ2v) is 3.06. The molecule has 16 heavy (non-hydrogen) atoms. The summed E-state index contributed by atoms with van der Waals surface area (Å²) in [5.74, 6) is -4.82. The lowest BCUT2D eigenvalue weighted by Crippen LogP contribution is -2.21. The highest BCUT2D eigenvalue weighted by molar-refractivity contribution is 7.80. The fourth-order valence-corrected chi connectivity index (χ4v) is 1.10. The van der Waals surface area contributed by atoms with E-state index in [0.717, 1.165) is 0 Å². The van der Waals surface area contributed by atoms with E-state index in [9.17, 15) is 23.3 Å². The molecule has 3 N–H and O–H groups in total. The van der Waals surface area contributed by atoms with Crippen molar-refractivity contribution in [2.75, 3.05) is 5.32 Å². The van der Waals surface area contributed by atoms with Gasteiger partial charge in [-0.25, -0.2) is 8.78 Å². The van der Waals surface area contributed by atoms with E-state index in [1.54, 1.807) is 0 Å². The van der Waals surface area contributed by atoms with Crippen LogP contribution < -0.4 is 11.1 Å². The van der Waals surface area contributed by atoms with E-state index >= 15 is 0 Å². The van der Waals surface area contributed by atoms with Crippen molar-refractivity contribution in [2.24, 2.45) is 5.73 Å². The van der Waals surface area contributed by atoms with Crippen molar-refractivity contribution in [1.29, 1.82) is 0 Å². The lowest BCUT2D eigenvalue weighted by atomic mass is 10.2. The molecule has 0 radical (unpaired) electrons. The molecule has 9 heteroatoms. The highest BCUT2D eigenvalue weighted by atomic mass is 32.1. The molecule has 0 aliphatic rings. The SMILES string of the molecule is NC(=S)Nc1c(F)cc(F)c(F)c1[N+](=O)[O-]. The van der Waals surface area contributed by atoms with Gasteiger partial charge in [-0.05, 0) is 12.2 Å². The quantitative estimate of drug-likeness (QED) is 0.361. The van der Waals surface area contributed by atoms with Crippen LogP contribution in [-0.2, 0) is 0 Å². The maximum atomic E-state index is 13.1. The molecule has 0 spiro atoms. The largest absolute Gasteiger partial charge is 0.376 e. The van der Waals surface area contributed by atoms with Crippen LogP contribution in [0.25, 0.3) is 0 Å². The average molecular weight is 251 g/mol. The molecule has 5 nitrogen and oxygen atoms in total. The second-order valence-electron chi connectivity index (χ2n) is 2.62. The zero-order valence-corrected chi connectivity index (χ0v) is 8.28. The highest BCUT2D eigenvalue weighted by Gasteiger charge is 2.28. The second kappa shape index (κ2) is 4.31. The molecule has 0 saturated heterocycles. The van der Waals surface area contributed by atoms with E-state index in [2.05, 4.69) is 12.2 Å². The summed E-state index contributed by atoms with van der Waals surface area (Å²) in [6.07, 6.45) is 0. The summed E-state index contributed by atoms with van der Waals surface area (Å²) >= 11 is 4.32. The Morgan fingerprint density at radius 2 is 2.00 bits per heavy atom. The number of nitro benzene ring substituents is 1. The Hall–Kier alpha value is -1.90. The summed E-state index contributed by atoms with van der Waals surface area (Å²) in [6.45, 7) is 0. The maximum absolute atomic E-state index is 13.1. The minimum absolute atomic E-state index is 0.156. The van der Waals surface area contributed by atoms with Crippen molar-refractivity contribution < 1.29 is 18.1 Å². The van der Waals surface area contributed by atoms with E-state index in [1.807, 2.05) is 5.32 Å². The predicted octanol–water partition coefficient (Wildman–Crippen LogP) is 1.67. The molecule has 1 aromatic rings. The lowest BCUT2D eigenvalue weighted by molar-refractivity contribution is -0.387. The Kier molecular flexibility index (Phi) is 3.28. The average Bonchev–Trinajstić information content (AvgIpc) is 2.13. The summed E-state index contributed by atoms with van der Waals surface area (Å²) in [5, 5.41) is 11.8. The molecule has 0 heterocycles. The number of nitrogens with zero attached hydrogens (tertiary/aromatic N) is 1. The Balaban J connectivity index is 3.50. The van der Waals surface area contributed by atoms with Crippen LogP contribution in [0.1, 0.15) is 0 Å². The van der Waals surface area contributed by atoms with Crippen molar-refractivity contribution in [2.45, 2.75) is 0 Å². The summed E-state index contributed by atoms with van der Waals surface area (Å²) in [7, 11) is 0. The normalized spacial score (nSPS) is 9.94. The number of nitro groups is 1. The van der Waals surface area contributed by atoms with Crippen LogP contribution in [0.4, 0.5) is 24.5 Å². The summed E-state index contributed by atoms with van der Waals surface area (Å²) < 4.78 is 38.9. The van der Waals surface area contributed by atoms with Gasteiger partial charge in [-0.2, -0.15) is 4.39 Å². The van der Waals surface area contributed by atoms with Crippen LogP contribution in [0.15, 0.2) is 6.07 Å². The molecule has 86 valence electrons. The lowest BCUT2D eigenvalue weighted by Gasteiger charge is -2.07. The topological polar surface area (TPSA) is 81.2 Å². The molecule has 0 aliphatic heterocycles. The van der Waals surface area contributed by atoms with Crippen molar-refractivity contribution in [3.63, 3.8) is 0 Å². The van der Waals surface area contributed by atoms with E-state index in [1.165, 1.54) is 0 Å². The first-order valence-corrected chi connectivity index (χ1v) is 4.13. The summed E-state index contributed by atoms with van der Waals surface area (Å²) in [5.41, 5.74) is 2.68. The number of rotatable bonds is 2. The highest BCUT2D eigenvalue weighted by Crippen LogP contribution is 2.32. The van der Waals surface area contributed by atoms with Gasteiger partial charge < -0.3 is 11.1 Å². The smallest absolute Gasteiger partial charge is 0.334 e. The number of nitrogens with two attached hydrogens (primary N) is 1. The van der Waals surface area contributed by atoms with Gasteiger partial charge in [-0.1, -0.05) is 0 Å². The number of nitrogens with one attached hydrogen (secondary N) is 1. The Morgan fingerprint density at radius 1 is 1.44 bits per heavy atom. The summed E-state index contributed by atoms with van der Waals surface area (Å²) in [6, 6.07) is 0.156. The first-order valence-electron chi connectivity index (χ1n) is 3.73. The monoisotopic (exact) mass is 251 g/mol. The van der Waals surface area contributed by atoms with Gasteiger partial charge in [0.05, 0.1) is 4.92 Å². The molecule has 0 bridgehead atoms. The van der Waals surface area contributed by atoms with Gasteiger partial charge in [0.15, 0.2) is 22.4 Å². The number of halogens is 3. The predicted molar refractivity (Wildman–Crippen MR) is 53.4 cm³/mol. The fourth-order valence-electron chi connectivity index (χ4n) is 0.996. The Bertz CT molecular complexity index is 480. The molecule has 0 amide bonds. The van der Waals surface area contributed by atoms with Crippen LogP contribution in [0.2, 0.25) is 0 Å². The van der Waals surface area contributed by atoms with Gasteiger partial charge in [0.2, 0.25) is 5.82 Å². The van der Waals surface area contributed by atoms with Crippen LogP contribution in [0.3, 0.4) is 0 Å². The molecular weight excluding hydrogens is 247 g/mol. The third-order valence-corrected chi connectivity index (χ3v) is 1.68. The first-order chi connectivity index (χ1) is 7.34. The Morgan fingerprint density at radius 3 is 2.44 bits per heavy atom. The van der Waals surface area contributed by atoms with Crippen molar-refractivity contribution in [3.05, 3.63) is 33.6 Å². The molecular formula is C7H4F3N3O2S. The van der Waals surface area contributed by atoms with Gasteiger partial charge in [-0.3, -0.25) is 10.1 Å². The third kappa shape index (κ3) is 2.19. The number of anilines is 1. The van der Waals surface area contributed by atoms with E-state index in [0.29, 0.717) is 0 Å². The molecule has 0 aromatic heterocycles. The molecule has 0 atom stereocenters. The molecule has 0 aliphatic carbocycles. The van der Waals surface area contributed by atoms with Gasteiger partial charge in [0, 0.05) is 6.07 Å². The fraction of sp³-hybridized carbons (Fsp3) is 0. The van der Waals surface area contributed by atoms with Crippen molar-refractivity contribution in [3.8, 4) is 0 Å². The van der Waals surface area contributed by atoms with E-state index in [-0.39, 0.29) is 6.07 Å². The number of benzene rings is 1. The molecule has 0 fully saturated rings. The Labute approximate surface area is 92.2 Å². The first kappa shape index (κ1) is 12.2. The molecule has 1 aromatic carbocycles. The van der Waals surface area contributed by atoms with Crippen LogP contribution in [0.5, 0.6) is 0 Å². The molecule has 0 saturated carbocycles. The number of thiocarbonyl (C=S) groups is 1. The molecule has 1 rings (SSSR count). The third-order valence-electron chi connectivity index (χ3n) is 1.58. The van der Waals surface area contributed by atoms with Gasteiger partial charge >= 0.3 is 5.69 Å².